The Hall–Kier alpha value is -1.69. The van der Waals surface area contributed by atoms with Crippen molar-refractivity contribution >= 4 is 0 Å². The fourth-order valence-electron chi connectivity index (χ4n) is 1.38. The molecule has 0 atom stereocenters. The molecule has 6 nitrogen and oxygen atoms in total. The molecule has 0 aliphatic carbocycles. The third kappa shape index (κ3) is 1.75. The van der Waals surface area contributed by atoms with Crippen LogP contribution in [0, 0.1) is 13.8 Å². The highest BCUT2D eigenvalue weighted by Gasteiger charge is 2.17. The number of hydrogen-bond acceptors (Lipinski definition) is 6. The lowest BCUT2D eigenvalue weighted by Gasteiger charge is -1.89. The number of nitrogens with zero attached hydrogens (tertiary/aromatic N) is 3. The van der Waals surface area contributed by atoms with Crippen molar-refractivity contribution in [1.29, 1.82) is 0 Å². The van der Waals surface area contributed by atoms with E-state index >= 15 is 0 Å². The van der Waals surface area contributed by atoms with E-state index in [0.717, 1.165) is 11.3 Å². The lowest BCUT2D eigenvalue weighted by Crippen LogP contribution is -2.02. The molecule has 0 saturated carbocycles. The highest BCUT2D eigenvalue weighted by molar-refractivity contribution is 5.59. The molecular weight excluding hydrogens is 196 g/mol. The summed E-state index contributed by atoms with van der Waals surface area (Å²) in [5.41, 5.74) is 6.94. The molecule has 0 spiro atoms. The standard InChI is InChI=1S/C9H12N4O2/c1-5-8(6(2)14-12-5)9-11-7(3-4-10)15-13-9/h3-4,10H2,1-2H3. The second-order valence-corrected chi connectivity index (χ2v) is 3.25. The van der Waals surface area contributed by atoms with Crippen molar-refractivity contribution in [3.8, 4) is 11.4 Å². The Morgan fingerprint density at radius 1 is 1.20 bits per heavy atom. The highest BCUT2D eigenvalue weighted by Crippen LogP contribution is 2.23. The van der Waals surface area contributed by atoms with E-state index in [2.05, 4.69) is 15.3 Å². The Kier molecular flexibility index (Phi) is 2.51. The van der Waals surface area contributed by atoms with Gasteiger partial charge in [0.25, 0.3) is 0 Å². The van der Waals surface area contributed by atoms with E-state index in [4.69, 9.17) is 14.8 Å². The van der Waals surface area contributed by atoms with Crippen LogP contribution >= 0.6 is 0 Å². The minimum atomic E-state index is 0.489. The van der Waals surface area contributed by atoms with Crippen LogP contribution in [0.5, 0.6) is 0 Å². The molecule has 2 rings (SSSR count). The molecule has 0 aromatic carbocycles. The van der Waals surface area contributed by atoms with Crippen LogP contribution in [-0.4, -0.2) is 21.8 Å². The minimum absolute atomic E-state index is 0.489. The zero-order chi connectivity index (χ0) is 10.8. The first-order valence-electron chi connectivity index (χ1n) is 4.68. The van der Waals surface area contributed by atoms with Gasteiger partial charge in [0.05, 0.1) is 11.3 Å². The van der Waals surface area contributed by atoms with Crippen LogP contribution in [0.4, 0.5) is 0 Å². The summed E-state index contributed by atoms with van der Waals surface area (Å²) in [4.78, 5) is 4.21. The molecule has 80 valence electrons. The first kappa shape index (κ1) is 9.85. The lowest BCUT2D eigenvalue weighted by molar-refractivity contribution is 0.379. The van der Waals surface area contributed by atoms with E-state index in [-0.39, 0.29) is 0 Å². The smallest absolute Gasteiger partial charge is 0.228 e. The molecule has 6 heteroatoms. The van der Waals surface area contributed by atoms with Gasteiger partial charge in [-0.2, -0.15) is 4.98 Å². The van der Waals surface area contributed by atoms with Crippen LogP contribution < -0.4 is 5.73 Å². The van der Waals surface area contributed by atoms with E-state index < -0.39 is 0 Å². The van der Waals surface area contributed by atoms with Gasteiger partial charge in [-0.25, -0.2) is 0 Å². The summed E-state index contributed by atoms with van der Waals surface area (Å²) in [7, 11) is 0. The number of nitrogens with two attached hydrogens (primary N) is 1. The maximum atomic E-state index is 5.39. The van der Waals surface area contributed by atoms with Gasteiger partial charge >= 0.3 is 0 Å². The zero-order valence-corrected chi connectivity index (χ0v) is 8.65. The number of aromatic nitrogens is 3. The van der Waals surface area contributed by atoms with Gasteiger partial charge in [-0.05, 0) is 13.8 Å². The molecule has 2 aromatic heterocycles. The van der Waals surface area contributed by atoms with Crippen molar-refractivity contribution in [3.63, 3.8) is 0 Å². The van der Waals surface area contributed by atoms with Crippen LogP contribution in [0.1, 0.15) is 17.3 Å². The largest absolute Gasteiger partial charge is 0.361 e. The van der Waals surface area contributed by atoms with Gasteiger partial charge in [-0.3, -0.25) is 0 Å². The molecular formula is C9H12N4O2. The Morgan fingerprint density at radius 2 is 2.00 bits per heavy atom. The third-order valence-corrected chi connectivity index (χ3v) is 2.08. The first-order chi connectivity index (χ1) is 7.22. The molecule has 0 unspecified atom stereocenters. The third-order valence-electron chi connectivity index (χ3n) is 2.08. The molecule has 2 heterocycles. The fraction of sp³-hybridized carbons (Fsp3) is 0.444. The second kappa shape index (κ2) is 3.82. The Bertz CT molecular complexity index is 441. The van der Waals surface area contributed by atoms with Crippen LogP contribution in [-0.2, 0) is 6.42 Å². The van der Waals surface area contributed by atoms with Crippen molar-refractivity contribution in [2.24, 2.45) is 5.73 Å². The van der Waals surface area contributed by atoms with E-state index in [1.54, 1.807) is 0 Å². The SMILES string of the molecule is Cc1noc(C)c1-c1noc(CCN)n1. The summed E-state index contributed by atoms with van der Waals surface area (Å²) in [6.07, 6.45) is 0.580. The average Bonchev–Trinajstić information content (AvgIpc) is 2.75. The topological polar surface area (TPSA) is 91.0 Å². The van der Waals surface area contributed by atoms with Crippen molar-refractivity contribution < 1.29 is 9.05 Å². The van der Waals surface area contributed by atoms with Gasteiger partial charge in [-0.15, -0.1) is 0 Å². The van der Waals surface area contributed by atoms with Crippen molar-refractivity contribution in [2.75, 3.05) is 6.54 Å². The molecule has 0 aliphatic heterocycles. The van der Waals surface area contributed by atoms with E-state index in [0.29, 0.717) is 30.4 Å². The summed E-state index contributed by atoms with van der Waals surface area (Å²) in [6.45, 7) is 4.14. The maximum Gasteiger partial charge on any atom is 0.228 e. The van der Waals surface area contributed by atoms with Crippen LogP contribution in [0.25, 0.3) is 11.4 Å². The predicted molar refractivity (Wildman–Crippen MR) is 52.0 cm³/mol. The first-order valence-corrected chi connectivity index (χ1v) is 4.68. The van der Waals surface area contributed by atoms with Crippen LogP contribution in [0.2, 0.25) is 0 Å². The zero-order valence-electron chi connectivity index (χ0n) is 8.65. The Balaban J connectivity index is 2.37. The molecule has 2 aromatic rings. The highest BCUT2D eigenvalue weighted by atomic mass is 16.5. The number of aryl methyl sites for hydroxylation is 2. The van der Waals surface area contributed by atoms with Crippen LogP contribution in [0.15, 0.2) is 9.05 Å². The van der Waals surface area contributed by atoms with Gasteiger partial charge in [0.15, 0.2) is 0 Å². The van der Waals surface area contributed by atoms with Crippen molar-refractivity contribution in [2.45, 2.75) is 20.3 Å². The quantitative estimate of drug-likeness (QED) is 0.803. The molecule has 15 heavy (non-hydrogen) atoms. The number of rotatable bonds is 3. The van der Waals surface area contributed by atoms with E-state index in [1.165, 1.54) is 0 Å². The Morgan fingerprint density at radius 3 is 2.60 bits per heavy atom. The maximum absolute atomic E-state index is 5.39. The number of hydrogen-bond donors (Lipinski definition) is 1. The van der Waals surface area contributed by atoms with Gasteiger partial charge < -0.3 is 14.8 Å². The molecule has 0 amide bonds. The average molecular weight is 208 g/mol. The molecule has 0 bridgehead atoms. The summed E-state index contributed by atoms with van der Waals surface area (Å²) >= 11 is 0. The molecule has 2 N–H and O–H groups in total. The van der Waals surface area contributed by atoms with E-state index in [1.807, 2.05) is 13.8 Å². The van der Waals surface area contributed by atoms with Gasteiger partial charge in [0, 0.05) is 13.0 Å². The minimum Gasteiger partial charge on any atom is -0.361 e. The summed E-state index contributed by atoms with van der Waals surface area (Å²) in [5.74, 6) is 1.73. The lowest BCUT2D eigenvalue weighted by atomic mass is 10.2. The van der Waals surface area contributed by atoms with Crippen molar-refractivity contribution in [3.05, 3.63) is 17.3 Å². The summed E-state index contributed by atoms with van der Waals surface area (Å²) in [6, 6.07) is 0. The van der Waals surface area contributed by atoms with Gasteiger partial charge in [0.2, 0.25) is 11.7 Å². The second-order valence-electron chi connectivity index (χ2n) is 3.25. The van der Waals surface area contributed by atoms with E-state index in [9.17, 15) is 0 Å². The summed E-state index contributed by atoms with van der Waals surface area (Å²) < 4.78 is 10.1. The molecule has 0 aliphatic rings. The summed E-state index contributed by atoms with van der Waals surface area (Å²) in [5, 5.41) is 7.68. The van der Waals surface area contributed by atoms with Gasteiger partial charge in [-0.1, -0.05) is 10.3 Å². The molecule has 0 fully saturated rings. The normalized spacial score (nSPS) is 10.9. The monoisotopic (exact) mass is 208 g/mol. The fourth-order valence-corrected chi connectivity index (χ4v) is 1.38. The predicted octanol–water partition coefficient (Wildman–Crippen LogP) is 0.843. The molecule has 0 radical (unpaired) electrons. The van der Waals surface area contributed by atoms with Gasteiger partial charge in [0.1, 0.15) is 5.76 Å². The van der Waals surface area contributed by atoms with Crippen molar-refractivity contribution in [1.82, 2.24) is 15.3 Å². The Labute approximate surface area is 86.4 Å². The van der Waals surface area contributed by atoms with Crippen LogP contribution in [0.3, 0.4) is 0 Å². The molecule has 0 saturated heterocycles.